The molecular weight excluding hydrogens is 561 g/mol. The highest BCUT2D eigenvalue weighted by Gasteiger charge is 2.38. The van der Waals surface area contributed by atoms with E-state index in [1.165, 1.54) is 24.3 Å². The van der Waals surface area contributed by atoms with Crippen LogP contribution in [0, 0.1) is 5.82 Å². The van der Waals surface area contributed by atoms with Gasteiger partial charge in [-0.25, -0.2) is 14.0 Å². The monoisotopic (exact) mass is 583 g/mol. The number of nitrogens with one attached hydrogen (secondary N) is 2. The van der Waals surface area contributed by atoms with Gasteiger partial charge in [0.1, 0.15) is 5.82 Å². The van der Waals surface area contributed by atoms with E-state index < -0.39 is 36.4 Å². The Morgan fingerprint density at radius 1 is 1.05 bits per heavy atom. The van der Waals surface area contributed by atoms with Crippen LogP contribution in [0.25, 0.3) is 0 Å². The molecule has 2 aromatic rings. The first-order valence-corrected chi connectivity index (χ1v) is 11.7. The SMILES string of the molecule is O=C(COC(=O)c1ccc(NCCN2CCOCC2)c(F)c1)Nc1ccc(Cl)c(Cl)c1.O=C(O)C(F)(F)F. The highest BCUT2D eigenvalue weighted by atomic mass is 35.5. The Bertz CT molecular complexity index is 1130. The number of aliphatic carboxylic acids is 1. The number of benzene rings is 2. The zero-order chi connectivity index (χ0) is 28.3. The molecule has 1 heterocycles. The van der Waals surface area contributed by atoms with Crippen LogP contribution in [0.1, 0.15) is 10.4 Å². The van der Waals surface area contributed by atoms with Gasteiger partial charge in [-0.05, 0) is 36.4 Å². The van der Waals surface area contributed by atoms with Crippen LogP contribution in [0.3, 0.4) is 0 Å². The van der Waals surface area contributed by atoms with Gasteiger partial charge in [-0.1, -0.05) is 23.2 Å². The summed E-state index contributed by atoms with van der Waals surface area (Å²) in [7, 11) is 0. The number of rotatable bonds is 8. The van der Waals surface area contributed by atoms with Crippen molar-refractivity contribution in [1.29, 1.82) is 0 Å². The molecule has 1 fully saturated rings. The van der Waals surface area contributed by atoms with Crippen molar-refractivity contribution in [3.63, 3.8) is 0 Å². The molecule has 2 aromatic carbocycles. The Labute approximate surface area is 224 Å². The fourth-order valence-electron chi connectivity index (χ4n) is 2.94. The lowest BCUT2D eigenvalue weighted by atomic mass is 10.2. The first-order chi connectivity index (χ1) is 17.9. The second-order valence-electron chi connectivity index (χ2n) is 7.63. The molecule has 0 aliphatic carbocycles. The number of anilines is 2. The van der Waals surface area contributed by atoms with Crippen LogP contribution in [-0.2, 0) is 19.1 Å². The van der Waals surface area contributed by atoms with Crippen LogP contribution in [0.2, 0.25) is 10.0 Å². The molecule has 38 heavy (non-hydrogen) atoms. The maximum Gasteiger partial charge on any atom is 0.490 e. The number of morpholine rings is 1. The number of ether oxygens (including phenoxy) is 2. The largest absolute Gasteiger partial charge is 0.490 e. The average Bonchev–Trinajstić information content (AvgIpc) is 2.86. The van der Waals surface area contributed by atoms with E-state index >= 15 is 0 Å². The van der Waals surface area contributed by atoms with Crippen molar-refractivity contribution < 1.29 is 46.5 Å². The fourth-order valence-corrected chi connectivity index (χ4v) is 3.24. The van der Waals surface area contributed by atoms with Gasteiger partial charge in [-0.2, -0.15) is 13.2 Å². The Balaban J connectivity index is 0.000000638. The third-order valence-corrected chi connectivity index (χ3v) is 5.57. The molecule has 3 N–H and O–H groups in total. The number of carboxylic acids is 1. The van der Waals surface area contributed by atoms with Gasteiger partial charge in [0.25, 0.3) is 5.91 Å². The van der Waals surface area contributed by atoms with Crippen LogP contribution in [-0.4, -0.2) is 80.0 Å². The van der Waals surface area contributed by atoms with E-state index in [4.69, 9.17) is 42.6 Å². The Kier molecular flexibility index (Phi) is 12.0. The fraction of sp³-hybridized carbons (Fsp3) is 0.348. The zero-order valence-corrected chi connectivity index (χ0v) is 21.1. The summed E-state index contributed by atoms with van der Waals surface area (Å²) < 4.78 is 56.3. The van der Waals surface area contributed by atoms with Gasteiger partial charge in [0.2, 0.25) is 0 Å². The van der Waals surface area contributed by atoms with Crippen molar-refractivity contribution in [2.45, 2.75) is 6.18 Å². The Morgan fingerprint density at radius 3 is 2.29 bits per heavy atom. The smallest absolute Gasteiger partial charge is 0.475 e. The summed E-state index contributed by atoms with van der Waals surface area (Å²) in [5.41, 5.74) is 0.717. The molecule has 208 valence electrons. The molecule has 0 unspecified atom stereocenters. The molecule has 1 aliphatic rings. The van der Waals surface area contributed by atoms with E-state index in [2.05, 4.69) is 15.5 Å². The molecule has 1 aliphatic heterocycles. The number of esters is 1. The third kappa shape index (κ3) is 10.7. The minimum absolute atomic E-state index is 0.0126. The molecule has 0 atom stereocenters. The van der Waals surface area contributed by atoms with Crippen molar-refractivity contribution in [2.75, 3.05) is 56.6 Å². The molecule has 0 bridgehead atoms. The highest BCUT2D eigenvalue weighted by molar-refractivity contribution is 6.42. The number of nitrogens with zero attached hydrogens (tertiary/aromatic N) is 1. The topological polar surface area (TPSA) is 117 Å². The van der Waals surface area contributed by atoms with Crippen molar-refractivity contribution in [3.8, 4) is 0 Å². The van der Waals surface area contributed by atoms with Crippen LogP contribution in [0.4, 0.5) is 28.9 Å². The highest BCUT2D eigenvalue weighted by Crippen LogP contribution is 2.25. The van der Waals surface area contributed by atoms with E-state index in [1.54, 1.807) is 6.07 Å². The number of halogens is 6. The van der Waals surface area contributed by atoms with E-state index in [1.807, 2.05) is 0 Å². The predicted molar refractivity (Wildman–Crippen MR) is 131 cm³/mol. The first kappa shape index (κ1) is 31.1. The number of hydrogen-bond acceptors (Lipinski definition) is 7. The average molecular weight is 584 g/mol. The quantitative estimate of drug-likeness (QED) is 0.311. The van der Waals surface area contributed by atoms with Crippen molar-refractivity contribution in [3.05, 3.63) is 57.8 Å². The molecule has 0 saturated carbocycles. The number of hydrogen-bond donors (Lipinski definition) is 3. The number of carbonyl (C=O) groups is 3. The van der Waals surface area contributed by atoms with E-state index in [0.29, 0.717) is 36.2 Å². The summed E-state index contributed by atoms with van der Waals surface area (Å²) in [5.74, 6) is -4.69. The standard InChI is InChI=1S/C21H22Cl2FN3O4.C2HF3O2/c22-16-3-2-15(12-17(16)23)26-20(28)13-31-21(29)14-1-4-19(18(24)11-14)25-5-6-27-7-9-30-10-8-27;3-2(4,5)1(6)7/h1-4,11-12,25H,5-10,13H2,(H,26,28);(H,6,7). The number of carboxylic acid groups (broad SMARTS) is 1. The summed E-state index contributed by atoms with van der Waals surface area (Å²) in [4.78, 5) is 35.2. The molecule has 3 rings (SSSR count). The molecular formula is C23H23Cl2F4N3O6. The zero-order valence-electron chi connectivity index (χ0n) is 19.6. The van der Waals surface area contributed by atoms with Gasteiger partial charge < -0.3 is 25.2 Å². The van der Waals surface area contributed by atoms with E-state index in [0.717, 1.165) is 25.7 Å². The number of amides is 1. The second-order valence-corrected chi connectivity index (χ2v) is 8.45. The van der Waals surface area contributed by atoms with Crippen LogP contribution in [0.15, 0.2) is 36.4 Å². The molecule has 0 aromatic heterocycles. The third-order valence-electron chi connectivity index (χ3n) is 4.83. The summed E-state index contributed by atoms with van der Waals surface area (Å²) >= 11 is 11.7. The van der Waals surface area contributed by atoms with Gasteiger partial charge in [-0.15, -0.1) is 0 Å². The van der Waals surface area contributed by atoms with E-state index in [9.17, 15) is 27.2 Å². The molecule has 0 spiro atoms. The Morgan fingerprint density at radius 2 is 1.71 bits per heavy atom. The first-order valence-electron chi connectivity index (χ1n) is 10.9. The number of alkyl halides is 3. The van der Waals surface area contributed by atoms with Crippen molar-refractivity contribution in [1.82, 2.24) is 4.90 Å². The minimum Gasteiger partial charge on any atom is -0.475 e. The van der Waals surface area contributed by atoms with Crippen molar-refractivity contribution >= 4 is 52.4 Å². The second kappa shape index (κ2) is 14.7. The molecule has 9 nitrogen and oxygen atoms in total. The Hall–Kier alpha value is -3.13. The maximum absolute atomic E-state index is 14.3. The summed E-state index contributed by atoms with van der Waals surface area (Å²) in [5, 5.41) is 13.3. The van der Waals surface area contributed by atoms with Gasteiger partial charge in [0, 0.05) is 31.9 Å². The van der Waals surface area contributed by atoms with Crippen LogP contribution >= 0.6 is 23.2 Å². The molecule has 0 radical (unpaired) electrons. The molecule has 15 heteroatoms. The summed E-state index contributed by atoms with van der Waals surface area (Å²) in [6, 6.07) is 8.57. The lowest BCUT2D eigenvalue weighted by Crippen LogP contribution is -2.39. The summed E-state index contributed by atoms with van der Waals surface area (Å²) in [6.45, 7) is 3.92. The van der Waals surface area contributed by atoms with Crippen molar-refractivity contribution in [2.24, 2.45) is 0 Å². The van der Waals surface area contributed by atoms with Crippen LogP contribution < -0.4 is 10.6 Å². The lowest BCUT2D eigenvalue weighted by Gasteiger charge is -2.26. The van der Waals surface area contributed by atoms with Gasteiger partial charge in [0.05, 0.1) is 34.5 Å². The maximum atomic E-state index is 14.3. The molecule has 1 amide bonds. The van der Waals surface area contributed by atoms with Gasteiger partial charge in [0.15, 0.2) is 6.61 Å². The lowest BCUT2D eigenvalue weighted by molar-refractivity contribution is -0.192. The normalized spacial score (nSPS) is 13.6. The number of carbonyl (C=O) groups excluding carboxylic acids is 2. The van der Waals surface area contributed by atoms with Gasteiger partial charge in [-0.3, -0.25) is 9.69 Å². The molecule has 1 saturated heterocycles. The minimum atomic E-state index is -5.08. The van der Waals surface area contributed by atoms with Crippen LogP contribution in [0.5, 0.6) is 0 Å². The predicted octanol–water partition coefficient (Wildman–Crippen LogP) is 4.31. The van der Waals surface area contributed by atoms with E-state index in [-0.39, 0.29) is 10.6 Å². The summed E-state index contributed by atoms with van der Waals surface area (Å²) in [6.07, 6.45) is -5.08. The van der Waals surface area contributed by atoms with Gasteiger partial charge >= 0.3 is 18.1 Å².